The van der Waals surface area contributed by atoms with E-state index < -0.39 is 44.0 Å². The van der Waals surface area contributed by atoms with E-state index in [-0.39, 0.29) is 5.82 Å². The van der Waals surface area contributed by atoms with Crippen LogP contribution in [0.3, 0.4) is 0 Å². The Kier molecular flexibility index (Phi) is 3.40. The third-order valence-corrected chi connectivity index (χ3v) is 4.81. The lowest BCUT2D eigenvalue weighted by Crippen LogP contribution is -2.42. The van der Waals surface area contributed by atoms with Gasteiger partial charge in [0.1, 0.15) is 18.0 Å². The Labute approximate surface area is 119 Å². The van der Waals surface area contributed by atoms with Crippen LogP contribution in [0.4, 0.5) is 10.2 Å². The maximum atomic E-state index is 14.6. The Hall–Kier alpha value is -1.28. The maximum Gasteiger partial charge on any atom is 0.351 e. The van der Waals surface area contributed by atoms with Crippen molar-refractivity contribution in [2.75, 3.05) is 12.4 Å². The van der Waals surface area contributed by atoms with E-state index in [4.69, 9.17) is 19.5 Å². The Balaban J connectivity index is 1.94. The van der Waals surface area contributed by atoms with Gasteiger partial charge in [0.25, 0.3) is 0 Å². The smallest absolute Gasteiger partial charge is 0.351 e. The first kappa shape index (κ1) is 14.6. The van der Waals surface area contributed by atoms with Crippen LogP contribution in [0.1, 0.15) is 13.2 Å². The van der Waals surface area contributed by atoms with Gasteiger partial charge in [-0.2, -0.15) is 4.98 Å². The third kappa shape index (κ3) is 2.50. The number of rotatable bonds is 1. The van der Waals surface area contributed by atoms with Gasteiger partial charge in [-0.15, -0.1) is 0 Å². The number of alkyl halides is 1. The monoisotopic (exact) mass is 319 g/mol. The lowest BCUT2D eigenvalue weighted by molar-refractivity contribution is -0.0902. The van der Waals surface area contributed by atoms with Crippen LogP contribution in [0.15, 0.2) is 17.1 Å². The molecule has 3 rings (SSSR count). The lowest BCUT2D eigenvalue weighted by atomic mass is 10.1. The molecule has 2 unspecified atom stereocenters. The predicted molar refractivity (Wildman–Crippen MR) is 70.7 cm³/mol. The summed E-state index contributed by atoms with van der Waals surface area (Å²) in [6, 6.07) is 1.37. The van der Waals surface area contributed by atoms with Crippen molar-refractivity contribution in [2.24, 2.45) is 0 Å². The van der Waals surface area contributed by atoms with Crippen LogP contribution < -0.4 is 11.4 Å². The molecule has 0 aromatic carbocycles. The minimum Gasteiger partial charge on any atom is -0.383 e. The summed E-state index contributed by atoms with van der Waals surface area (Å²) in [6.45, 7) is 2.89. The fourth-order valence-electron chi connectivity index (χ4n) is 2.60. The van der Waals surface area contributed by atoms with Crippen LogP contribution >= 0.6 is 7.60 Å². The van der Waals surface area contributed by atoms with E-state index in [0.717, 1.165) is 4.57 Å². The van der Waals surface area contributed by atoms with Crippen molar-refractivity contribution in [1.82, 2.24) is 9.55 Å². The van der Waals surface area contributed by atoms with Crippen LogP contribution in [-0.2, 0) is 18.3 Å². The van der Waals surface area contributed by atoms with E-state index >= 15 is 0 Å². The Morgan fingerprint density at radius 1 is 1.43 bits per heavy atom. The zero-order valence-corrected chi connectivity index (χ0v) is 12.3. The number of nitrogens with zero attached hydrogens (tertiary/aromatic N) is 2. The molecule has 1 aromatic rings. The lowest BCUT2D eigenvalue weighted by Gasteiger charge is -2.34. The van der Waals surface area contributed by atoms with E-state index in [2.05, 4.69) is 4.98 Å². The van der Waals surface area contributed by atoms with E-state index in [9.17, 15) is 13.8 Å². The van der Waals surface area contributed by atoms with Crippen molar-refractivity contribution in [3.8, 4) is 0 Å². The normalized spacial score (nSPS) is 42.7. The number of ether oxygens (including phenoxy) is 1. The molecule has 1 aromatic heterocycles. The molecule has 0 saturated carbocycles. The minimum absolute atomic E-state index is 0.0353. The van der Waals surface area contributed by atoms with Gasteiger partial charge in [0.2, 0.25) is 0 Å². The molecule has 0 amide bonds. The van der Waals surface area contributed by atoms with Crippen LogP contribution in [0.25, 0.3) is 0 Å². The first-order chi connectivity index (χ1) is 9.78. The van der Waals surface area contributed by atoms with Crippen LogP contribution in [0.2, 0.25) is 0 Å². The second kappa shape index (κ2) is 4.88. The Bertz CT molecular complexity index is 668. The average molecular weight is 319 g/mol. The van der Waals surface area contributed by atoms with Gasteiger partial charge in [-0.25, -0.2) is 9.18 Å². The van der Waals surface area contributed by atoms with Crippen LogP contribution in [0.5, 0.6) is 0 Å². The summed E-state index contributed by atoms with van der Waals surface area (Å²) in [4.78, 5) is 15.3. The molecule has 21 heavy (non-hydrogen) atoms. The highest BCUT2D eigenvalue weighted by Crippen LogP contribution is 2.55. The van der Waals surface area contributed by atoms with E-state index in [1.165, 1.54) is 18.9 Å². The van der Waals surface area contributed by atoms with Gasteiger partial charge in [0.05, 0.1) is 6.10 Å². The summed E-state index contributed by atoms with van der Waals surface area (Å²) in [5.74, 6) is 0.0353. The van der Waals surface area contributed by atoms with E-state index in [1.807, 2.05) is 0 Å². The zero-order chi connectivity index (χ0) is 15.4. The number of hydrogen-bond acceptors (Lipinski definition) is 7. The predicted octanol–water partition coefficient (Wildman–Crippen LogP) is 0.688. The van der Waals surface area contributed by atoms with Gasteiger partial charge in [0.15, 0.2) is 12.4 Å². The van der Waals surface area contributed by atoms with E-state index in [0.29, 0.717) is 0 Å². The molecule has 0 bridgehead atoms. The average Bonchev–Trinajstić information content (AvgIpc) is 2.66. The van der Waals surface area contributed by atoms with Gasteiger partial charge >= 0.3 is 13.3 Å². The number of anilines is 1. The molecule has 0 aliphatic carbocycles. The molecule has 8 nitrogen and oxygen atoms in total. The number of hydrogen-bond donors (Lipinski definition) is 1. The highest BCUT2D eigenvalue weighted by atomic mass is 31.2. The second-order valence-corrected chi connectivity index (χ2v) is 7.09. The highest BCUT2D eigenvalue weighted by Gasteiger charge is 2.55. The van der Waals surface area contributed by atoms with Gasteiger partial charge in [0, 0.05) is 12.9 Å². The second-order valence-electron chi connectivity index (χ2n) is 5.13. The number of halogens is 1. The van der Waals surface area contributed by atoms with Crippen LogP contribution in [-0.4, -0.2) is 40.7 Å². The number of fused-ring (bicyclic) bond motifs is 1. The van der Waals surface area contributed by atoms with E-state index in [1.54, 1.807) is 6.92 Å². The van der Waals surface area contributed by atoms with Gasteiger partial charge < -0.3 is 15.0 Å². The first-order valence-electron chi connectivity index (χ1n) is 6.37. The van der Waals surface area contributed by atoms with Crippen LogP contribution in [0, 0.1) is 0 Å². The molecular formula is C11H15FN3O5P. The van der Waals surface area contributed by atoms with Gasteiger partial charge in [-0.3, -0.25) is 13.7 Å². The third-order valence-electron chi connectivity index (χ3n) is 3.47. The minimum atomic E-state index is -3.33. The standard InChI is InChI=1S/C11H15FN3O5P/c1-5-8-9(20-21(2,17)19-5)7(12)10(18-8)15-4-3-6(13)14-11(15)16/h3-5,7-10H,1-2H3,(H2,13,14,16)/t5?,7-,8-,9+,10-,21?/m1/s1. The quantitative estimate of drug-likeness (QED) is 0.759. The Morgan fingerprint density at radius 3 is 2.81 bits per heavy atom. The summed E-state index contributed by atoms with van der Waals surface area (Å²) >= 11 is 0. The number of nitrogens with two attached hydrogens (primary N) is 1. The summed E-state index contributed by atoms with van der Waals surface area (Å²) in [7, 11) is -3.33. The molecule has 6 atom stereocenters. The molecule has 2 aliphatic heterocycles. The Morgan fingerprint density at radius 2 is 2.14 bits per heavy atom. The molecule has 2 fully saturated rings. The summed E-state index contributed by atoms with van der Waals surface area (Å²) < 4.78 is 43.4. The van der Waals surface area contributed by atoms with Gasteiger partial charge in [-0.05, 0) is 13.0 Å². The largest absolute Gasteiger partial charge is 0.383 e. The summed E-state index contributed by atoms with van der Waals surface area (Å²) in [6.07, 6.45) is -4.01. The van der Waals surface area contributed by atoms with Crippen molar-refractivity contribution in [3.05, 3.63) is 22.7 Å². The molecule has 2 N–H and O–H groups in total. The maximum absolute atomic E-state index is 14.6. The van der Waals surface area contributed by atoms with Crippen molar-refractivity contribution in [1.29, 1.82) is 0 Å². The number of nitrogen functional groups attached to an aromatic ring is 1. The first-order valence-corrected chi connectivity index (χ1v) is 8.36. The summed E-state index contributed by atoms with van der Waals surface area (Å²) in [5, 5.41) is 0. The molecule has 0 radical (unpaired) electrons. The number of aromatic nitrogens is 2. The fraction of sp³-hybridized carbons (Fsp3) is 0.636. The van der Waals surface area contributed by atoms with Gasteiger partial charge in [-0.1, -0.05) is 0 Å². The van der Waals surface area contributed by atoms with Crippen molar-refractivity contribution >= 4 is 13.4 Å². The highest BCUT2D eigenvalue weighted by molar-refractivity contribution is 7.53. The summed E-state index contributed by atoms with van der Waals surface area (Å²) in [5.41, 5.74) is 4.67. The molecule has 3 heterocycles. The topological polar surface area (TPSA) is 106 Å². The molecular weight excluding hydrogens is 304 g/mol. The van der Waals surface area contributed by atoms with Crippen molar-refractivity contribution < 1.29 is 22.7 Å². The molecule has 116 valence electrons. The molecule has 2 aliphatic rings. The zero-order valence-electron chi connectivity index (χ0n) is 11.4. The SMILES string of the molecule is CC1OP(C)(=O)O[C@H]2[C@@H](F)[C@H](n3ccc(N)nc3=O)O[C@H]12. The molecule has 10 heteroatoms. The molecule has 0 spiro atoms. The van der Waals surface area contributed by atoms with Crippen molar-refractivity contribution in [2.45, 2.75) is 37.6 Å². The molecule has 2 saturated heterocycles. The van der Waals surface area contributed by atoms with Crippen molar-refractivity contribution in [3.63, 3.8) is 0 Å². The fourth-order valence-corrected chi connectivity index (χ4v) is 4.05.